The van der Waals surface area contributed by atoms with E-state index in [4.69, 9.17) is 6.42 Å². The summed E-state index contributed by atoms with van der Waals surface area (Å²) >= 11 is 0. The van der Waals surface area contributed by atoms with E-state index in [2.05, 4.69) is 16.1 Å². The molecule has 2 rings (SSSR count). The third-order valence-electron chi connectivity index (χ3n) is 4.20. The summed E-state index contributed by atoms with van der Waals surface area (Å²) < 4.78 is 0. The van der Waals surface area contributed by atoms with Crippen molar-refractivity contribution < 1.29 is 9.90 Å². The average molecular weight is 250 g/mol. The molecule has 100 valence electrons. The van der Waals surface area contributed by atoms with Gasteiger partial charge < -0.3 is 10.4 Å². The molecule has 0 bridgehead atoms. The Morgan fingerprint density at radius 1 is 1.44 bits per heavy atom. The molecular formula is C14H22N2O2. The molecule has 2 fully saturated rings. The minimum atomic E-state index is -0.000167. The normalized spacial score (nSPS) is 23.3. The van der Waals surface area contributed by atoms with Crippen molar-refractivity contribution in [3.63, 3.8) is 0 Å². The van der Waals surface area contributed by atoms with Crippen LogP contribution in [0, 0.1) is 23.7 Å². The lowest BCUT2D eigenvalue weighted by molar-refractivity contribution is -0.126. The molecule has 0 aromatic heterocycles. The Labute approximate surface area is 109 Å². The smallest absolute Gasteiger partial charge is 0.223 e. The molecule has 2 aliphatic rings. The zero-order valence-electron chi connectivity index (χ0n) is 10.8. The molecule has 0 atom stereocenters. The fraction of sp³-hybridized carbons (Fsp3) is 0.786. The number of carbonyl (C=O) groups is 1. The van der Waals surface area contributed by atoms with Gasteiger partial charge in [0.15, 0.2) is 0 Å². The van der Waals surface area contributed by atoms with Crippen LogP contribution in [0.25, 0.3) is 0 Å². The summed E-state index contributed by atoms with van der Waals surface area (Å²) in [7, 11) is 0. The fourth-order valence-corrected chi connectivity index (χ4v) is 2.47. The van der Waals surface area contributed by atoms with Gasteiger partial charge in [0.05, 0.1) is 13.2 Å². The molecule has 1 saturated heterocycles. The van der Waals surface area contributed by atoms with Gasteiger partial charge >= 0.3 is 0 Å². The van der Waals surface area contributed by atoms with E-state index in [0.717, 1.165) is 38.8 Å². The van der Waals surface area contributed by atoms with Crippen LogP contribution in [-0.4, -0.2) is 48.7 Å². The van der Waals surface area contributed by atoms with Crippen LogP contribution in [-0.2, 0) is 4.79 Å². The topological polar surface area (TPSA) is 52.6 Å². The Balaban J connectivity index is 1.69. The highest BCUT2D eigenvalue weighted by Gasteiger charge is 2.42. The van der Waals surface area contributed by atoms with Gasteiger partial charge in [0, 0.05) is 17.9 Å². The SMILES string of the molecule is C#CCN1CCC(C(=O)NCC2(CO)CC2)CC1. The van der Waals surface area contributed by atoms with Crippen LogP contribution in [0.2, 0.25) is 0 Å². The minimum Gasteiger partial charge on any atom is -0.396 e. The molecule has 0 aromatic carbocycles. The van der Waals surface area contributed by atoms with Crippen LogP contribution in [0.3, 0.4) is 0 Å². The van der Waals surface area contributed by atoms with Gasteiger partial charge in [-0.15, -0.1) is 6.42 Å². The first-order chi connectivity index (χ1) is 8.69. The lowest BCUT2D eigenvalue weighted by Crippen LogP contribution is -2.42. The fourth-order valence-electron chi connectivity index (χ4n) is 2.47. The molecular weight excluding hydrogens is 228 g/mol. The second-order valence-electron chi connectivity index (χ2n) is 5.63. The molecule has 0 spiro atoms. The van der Waals surface area contributed by atoms with Crippen molar-refractivity contribution in [1.29, 1.82) is 0 Å². The largest absolute Gasteiger partial charge is 0.396 e. The zero-order chi connectivity index (χ0) is 13.0. The van der Waals surface area contributed by atoms with E-state index in [-0.39, 0.29) is 23.8 Å². The maximum atomic E-state index is 12.0. The molecule has 1 aliphatic carbocycles. The maximum absolute atomic E-state index is 12.0. The molecule has 18 heavy (non-hydrogen) atoms. The Hall–Kier alpha value is -1.05. The van der Waals surface area contributed by atoms with Crippen LogP contribution in [0.1, 0.15) is 25.7 Å². The number of hydrogen-bond donors (Lipinski definition) is 2. The van der Waals surface area contributed by atoms with Crippen molar-refractivity contribution in [1.82, 2.24) is 10.2 Å². The quantitative estimate of drug-likeness (QED) is 0.686. The zero-order valence-corrected chi connectivity index (χ0v) is 10.8. The average Bonchev–Trinajstić information content (AvgIpc) is 3.18. The first kappa shape index (κ1) is 13.4. The molecule has 1 aliphatic heterocycles. The molecule has 0 aromatic rings. The first-order valence-corrected chi connectivity index (χ1v) is 6.73. The van der Waals surface area contributed by atoms with Crippen molar-refractivity contribution in [2.24, 2.45) is 11.3 Å². The van der Waals surface area contributed by atoms with Gasteiger partial charge in [-0.3, -0.25) is 9.69 Å². The van der Waals surface area contributed by atoms with Gasteiger partial charge in [-0.2, -0.15) is 0 Å². The predicted octanol–water partition coefficient (Wildman–Crippen LogP) is 0.220. The highest BCUT2D eigenvalue weighted by molar-refractivity contribution is 5.78. The van der Waals surface area contributed by atoms with Crippen molar-refractivity contribution in [2.45, 2.75) is 25.7 Å². The molecule has 1 saturated carbocycles. The molecule has 4 heteroatoms. The summed E-state index contributed by atoms with van der Waals surface area (Å²) in [6, 6.07) is 0. The number of carbonyl (C=O) groups excluding carboxylic acids is 1. The van der Waals surface area contributed by atoms with E-state index < -0.39 is 0 Å². The third kappa shape index (κ3) is 3.24. The van der Waals surface area contributed by atoms with Crippen LogP contribution in [0.15, 0.2) is 0 Å². The first-order valence-electron chi connectivity index (χ1n) is 6.73. The van der Waals surface area contributed by atoms with E-state index in [0.29, 0.717) is 13.1 Å². The molecule has 0 radical (unpaired) electrons. The van der Waals surface area contributed by atoms with Crippen molar-refractivity contribution in [3.8, 4) is 12.3 Å². The standard InChI is InChI=1S/C14H22N2O2/c1-2-7-16-8-3-12(4-9-16)13(18)15-10-14(11-17)5-6-14/h1,12,17H,3-11H2,(H,15,18). The second-order valence-corrected chi connectivity index (χ2v) is 5.63. The number of likely N-dealkylation sites (tertiary alicyclic amines) is 1. The van der Waals surface area contributed by atoms with Gasteiger partial charge in [-0.1, -0.05) is 5.92 Å². The van der Waals surface area contributed by atoms with E-state index in [1.165, 1.54) is 0 Å². The van der Waals surface area contributed by atoms with Gasteiger partial charge in [0.2, 0.25) is 5.91 Å². The molecule has 1 heterocycles. The summed E-state index contributed by atoms with van der Waals surface area (Å²) in [5.41, 5.74) is -0.000167. The monoisotopic (exact) mass is 250 g/mol. The van der Waals surface area contributed by atoms with Crippen molar-refractivity contribution in [3.05, 3.63) is 0 Å². The van der Waals surface area contributed by atoms with E-state index >= 15 is 0 Å². The predicted molar refractivity (Wildman–Crippen MR) is 69.8 cm³/mol. The van der Waals surface area contributed by atoms with Gasteiger partial charge in [-0.05, 0) is 38.8 Å². The van der Waals surface area contributed by atoms with E-state index in [1.807, 2.05) is 0 Å². The number of nitrogens with zero attached hydrogens (tertiary/aromatic N) is 1. The third-order valence-corrected chi connectivity index (χ3v) is 4.20. The van der Waals surface area contributed by atoms with Gasteiger partial charge in [0.25, 0.3) is 0 Å². The highest BCUT2D eigenvalue weighted by Crippen LogP contribution is 2.44. The Morgan fingerprint density at radius 3 is 2.61 bits per heavy atom. The summed E-state index contributed by atoms with van der Waals surface area (Å²) in [6.07, 6.45) is 9.12. The maximum Gasteiger partial charge on any atom is 0.223 e. The van der Waals surface area contributed by atoms with Crippen LogP contribution >= 0.6 is 0 Å². The number of aliphatic hydroxyl groups excluding tert-OH is 1. The molecule has 2 N–H and O–H groups in total. The Bertz CT molecular complexity index is 336. The molecule has 0 unspecified atom stereocenters. The number of nitrogens with one attached hydrogen (secondary N) is 1. The summed E-state index contributed by atoms with van der Waals surface area (Å²) in [6.45, 7) is 3.32. The number of hydrogen-bond acceptors (Lipinski definition) is 3. The number of amides is 1. The lowest BCUT2D eigenvalue weighted by atomic mass is 9.95. The number of aliphatic hydroxyl groups is 1. The Morgan fingerprint density at radius 2 is 2.11 bits per heavy atom. The van der Waals surface area contributed by atoms with E-state index in [9.17, 15) is 9.90 Å². The van der Waals surface area contributed by atoms with E-state index in [1.54, 1.807) is 0 Å². The lowest BCUT2D eigenvalue weighted by Gasteiger charge is -2.30. The van der Waals surface area contributed by atoms with Crippen molar-refractivity contribution in [2.75, 3.05) is 32.8 Å². The van der Waals surface area contributed by atoms with Gasteiger partial charge in [-0.25, -0.2) is 0 Å². The summed E-state index contributed by atoms with van der Waals surface area (Å²) in [5.74, 6) is 2.91. The van der Waals surface area contributed by atoms with Gasteiger partial charge in [0.1, 0.15) is 0 Å². The molecule has 1 amide bonds. The number of terminal acetylenes is 1. The minimum absolute atomic E-state index is 0.000167. The molecule has 4 nitrogen and oxygen atoms in total. The second kappa shape index (κ2) is 5.73. The van der Waals surface area contributed by atoms with Crippen LogP contribution in [0.5, 0.6) is 0 Å². The summed E-state index contributed by atoms with van der Waals surface area (Å²) in [4.78, 5) is 14.2. The summed E-state index contributed by atoms with van der Waals surface area (Å²) in [5, 5.41) is 12.2. The van der Waals surface area contributed by atoms with Crippen LogP contribution in [0.4, 0.5) is 0 Å². The number of piperidine rings is 1. The number of rotatable bonds is 5. The Kier molecular flexibility index (Phi) is 4.26. The van der Waals surface area contributed by atoms with Crippen LogP contribution < -0.4 is 5.32 Å². The highest BCUT2D eigenvalue weighted by atomic mass is 16.3. The van der Waals surface area contributed by atoms with Crippen molar-refractivity contribution >= 4 is 5.91 Å².